The van der Waals surface area contributed by atoms with E-state index in [0.29, 0.717) is 0 Å². The highest BCUT2D eigenvalue weighted by molar-refractivity contribution is 6.08. The molecule has 0 aliphatic carbocycles. The minimum atomic E-state index is 0.782. The van der Waals surface area contributed by atoms with Crippen LogP contribution in [0, 0.1) is 6.92 Å². The third kappa shape index (κ3) is 2.85. The molecule has 0 saturated heterocycles. The Bertz CT molecular complexity index is 1270. The number of aromatic nitrogens is 2. The summed E-state index contributed by atoms with van der Waals surface area (Å²) in [5.74, 6) is 0.782. The Balaban J connectivity index is 1.67. The predicted molar refractivity (Wildman–Crippen MR) is 113 cm³/mol. The molecule has 0 unspecified atom stereocenters. The van der Waals surface area contributed by atoms with Crippen LogP contribution in [-0.2, 0) is 0 Å². The summed E-state index contributed by atoms with van der Waals surface area (Å²) in [5.41, 5.74) is 4.13. The fourth-order valence-corrected chi connectivity index (χ4v) is 3.64. The SMILES string of the molecule is Cc1nc(-c2ccccc2)cc(-c2ccc3c(ccc4ccccc43)c2)n1. The van der Waals surface area contributed by atoms with Crippen LogP contribution < -0.4 is 0 Å². The summed E-state index contributed by atoms with van der Waals surface area (Å²) in [6, 6.07) is 31.8. The quantitative estimate of drug-likeness (QED) is 0.344. The molecule has 0 N–H and O–H groups in total. The maximum absolute atomic E-state index is 4.69. The zero-order valence-electron chi connectivity index (χ0n) is 15.1. The Morgan fingerprint density at radius 2 is 1.19 bits per heavy atom. The lowest BCUT2D eigenvalue weighted by Gasteiger charge is -2.09. The highest BCUT2D eigenvalue weighted by atomic mass is 14.9. The molecule has 128 valence electrons. The number of hydrogen-bond donors (Lipinski definition) is 0. The minimum absolute atomic E-state index is 0.782. The molecule has 1 heterocycles. The normalized spacial score (nSPS) is 11.1. The van der Waals surface area contributed by atoms with E-state index in [1.54, 1.807) is 0 Å². The predicted octanol–water partition coefficient (Wildman–Crippen LogP) is 6.43. The smallest absolute Gasteiger partial charge is 0.126 e. The van der Waals surface area contributed by atoms with Crippen LogP contribution in [0.3, 0.4) is 0 Å². The van der Waals surface area contributed by atoms with E-state index in [4.69, 9.17) is 0 Å². The highest BCUT2D eigenvalue weighted by Crippen LogP contribution is 2.30. The first kappa shape index (κ1) is 15.7. The van der Waals surface area contributed by atoms with E-state index in [0.717, 1.165) is 28.3 Å². The van der Waals surface area contributed by atoms with Gasteiger partial charge < -0.3 is 0 Å². The van der Waals surface area contributed by atoms with Crippen molar-refractivity contribution in [2.45, 2.75) is 6.92 Å². The van der Waals surface area contributed by atoms with Gasteiger partial charge in [-0.05, 0) is 40.6 Å². The molecule has 0 spiro atoms. The van der Waals surface area contributed by atoms with E-state index in [2.05, 4.69) is 82.8 Å². The van der Waals surface area contributed by atoms with Crippen molar-refractivity contribution in [1.82, 2.24) is 9.97 Å². The zero-order valence-corrected chi connectivity index (χ0v) is 15.1. The van der Waals surface area contributed by atoms with Crippen LogP contribution in [0.15, 0.2) is 91.0 Å². The number of aryl methyl sites for hydroxylation is 1. The average Bonchev–Trinajstić information content (AvgIpc) is 2.73. The van der Waals surface area contributed by atoms with Gasteiger partial charge in [-0.15, -0.1) is 0 Å². The second kappa shape index (κ2) is 6.33. The van der Waals surface area contributed by atoms with Crippen LogP contribution in [0.2, 0.25) is 0 Å². The minimum Gasteiger partial charge on any atom is -0.233 e. The molecule has 4 aromatic carbocycles. The molecule has 0 aliphatic heterocycles. The van der Waals surface area contributed by atoms with Gasteiger partial charge in [-0.2, -0.15) is 0 Å². The molecule has 2 heteroatoms. The largest absolute Gasteiger partial charge is 0.233 e. The van der Waals surface area contributed by atoms with Crippen LogP contribution in [-0.4, -0.2) is 9.97 Å². The Kier molecular flexibility index (Phi) is 3.68. The molecule has 27 heavy (non-hydrogen) atoms. The van der Waals surface area contributed by atoms with E-state index < -0.39 is 0 Å². The van der Waals surface area contributed by atoms with Crippen LogP contribution in [0.5, 0.6) is 0 Å². The summed E-state index contributed by atoms with van der Waals surface area (Å²) in [6.07, 6.45) is 0. The molecule has 0 fully saturated rings. The van der Waals surface area contributed by atoms with Gasteiger partial charge in [0.05, 0.1) is 11.4 Å². The second-order valence-corrected chi connectivity index (χ2v) is 6.77. The summed E-state index contributed by atoms with van der Waals surface area (Å²) in [5, 5.41) is 5.04. The standard InChI is InChI=1S/C25H18N2/c1-17-26-24(19-8-3-2-4-9-19)16-25(27-17)21-13-14-23-20(15-21)12-11-18-7-5-6-10-22(18)23/h2-16H,1H3. The van der Waals surface area contributed by atoms with Crippen LogP contribution in [0.4, 0.5) is 0 Å². The molecule has 0 atom stereocenters. The average molecular weight is 346 g/mol. The lowest BCUT2D eigenvalue weighted by molar-refractivity contribution is 1.06. The van der Waals surface area contributed by atoms with Crippen molar-refractivity contribution in [1.29, 1.82) is 0 Å². The topological polar surface area (TPSA) is 25.8 Å². The van der Waals surface area contributed by atoms with Gasteiger partial charge in [-0.25, -0.2) is 9.97 Å². The molecule has 5 rings (SSSR count). The van der Waals surface area contributed by atoms with Gasteiger partial charge in [0.1, 0.15) is 5.82 Å². The Hall–Kier alpha value is -3.52. The third-order valence-electron chi connectivity index (χ3n) is 4.95. The molecule has 0 radical (unpaired) electrons. The molecule has 1 aromatic heterocycles. The molecule has 0 aliphatic rings. The van der Waals surface area contributed by atoms with Gasteiger partial charge in [-0.3, -0.25) is 0 Å². The summed E-state index contributed by atoms with van der Waals surface area (Å²) < 4.78 is 0. The maximum Gasteiger partial charge on any atom is 0.126 e. The first-order chi connectivity index (χ1) is 13.3. The number of nitrogens with zero attached hydrogens (tertiary/aromatic N) is 2. The monoisotopic (exact) mass is 346 g/mol. The summed E-state index contributed by atoms with van der Waals surface area (Å²) >= 11 is 0. The molecule has 0 amide bonds. The number of hydrogen-bond acceptors (Lipinski definition) is 2. The Morgan fingerprint density at radius 1 is 0.519 bits per heavy atom. The molecule has 2 nitrogen and oxygen atoms in total. The van der Waals surface area contributed by atoms with Crippen molar-refractivity contribution in [2.24, 2.45) is 0 Å². The zero-order chi connectivity index (χ0) is 18.2. The van der Waals surface area contributed by atoms with Gasteiger partial charge in [-0.1, -0.05) is 78.9 Å². The van der Waals surface area contributed by atoms with Gasteiger partial charge in [0, 0.05) is 11.1 Å². The highest BCUT2D eigenvalue weighted by Gasteiger charge is 2.08. The van der Waals surface area contributed by atoms with E-state index in [9.17, 15) is 0 Å². The van der Waals surface area contributed by atoms with E-state index in [1.165, 1.54) is 21.5 Å². The molecular formula is C25H18N2. The van der Waals surface area contributed by atoms with Gasteiger partial charge >= 0.3 is 0 Å². The Labute approximate surface area is 158 Å². The molecular weight excluding hydrogens is 328 g/mol. The van der Waals surface area contributed by atoms with Crippen LogP contribution >= 0.6 is 0 Å². The first-order valence-corrected chi connectivity index (χ1v) is 9.11. The fraction of sp³-hybridized carbons (Fsp3) is 0.0400. The molecule has 0 bridgehead atoms. The number of rotatable bonds is 2. The summed E-state index contributed by atoms with van der Waals surface area (Å²) in [6.45, 7) is 1.95. The van der Waals surface area contributed by atoms with Gasteiger partial charge in [0.25, 0.3) is 0 Å². The van der Waals surface area contributed by atoms with E-state index >= 15 is 0 Å². The van der Waals surface area contributed by atoms with E-state index in [-0.39, 0.29) is 0 Å². The van der Waals surface area contributed by atoms with Crippen LogP contribution in [0.1, 0.15) is 5.82 Å². The fourth-order valence-electron chi connectivity index (χ4n) is 3.64. The van der Waals surface area contributed by atoms with Crippen molar-refractivity contribution < 1.29 is 0 Å². The van der Waals surface area contributed by atoms with Gasteiger partial charge in [0.2, 0.25) is 0 Å². The van der Waals surface area contributed by atoms with Crippen molar-refractivity contribution >= 4 is 21.5 Å². The Morgan fingerprint density at radius 3 is 2.04 bits per heavy atom. The van der Waals surface area contributed by atoms with Crippen LogP contribution in [0.25, 0.3) is 44.1 Å². The van der Waals surface area contributed by atoms with Crippen molar-refractivity contribution in [2.75, 3.05) is 0 Å². The van der Waals surface area contributed by atoms with Crippen molar-refractivity contribution in [3.05, 3.63) is 96.8 Å². The van der Waals surface area contributed by atoms with E-state index in [1.807, 2.05) is 25.1 Å². The third-order valence-corrected chi connectivity index (χ3v) is 4.95. The summed E-state index contributed by atoms with van der Waals surface area (Å²) in [7, 11) is 0. The maximum atomic E-state index is 4.69. The lowest BCUT2D eigenvalue weighted by atomic mass is 9.99. The summed E-state index contributed by atoms with van der Waals surface area (Å²) in [4.78, 5) is 9.31. The number of fused-ring (bicyclic) bond motifs is 3. The number of benzene rings is 4. The molecule has 5 aromatic rings. The van der Waals surface area contributed by atoms with Gasteiger partial charge in [0.15, 0.2) is 0 Å². The van der Waals surface area contributed by atoms with Crippen molar-refractivity contribution in [3.8, 4) is 22.5 Å². The second-order valence-electron chi connectivity index (χ2n) is 6.77. The first-order valence-electron chi connectivity index (χ1n) is 9.11. The van der Waals surface area contributed by atoms with Crippen molar-refractivity contribution in [3.63, 3.8) is 0 Å². The molecule has 0 saturated carbocycles. The lowest BCUT2D eigenvalue weighted by Crippen LogP contribution is -1.94.